The molecule has 0 rings (SSSR count). The van der Waals surface area contributed by atoms with Crippen molar-refractivity contribution in [2.45, 2.75) is 32.6 Å². The highest BCUT2D eigenvalue weighted by Crippen LogP contribution is 1.96. The minimum absolute atomic E-state index is 0.137. The lowest BCUT2D eigenvalue weighted by molar-refractivity contribution is -0.139. The molecular formula is C14H22O5. The number of carboxylic acid groups (broad SMARTS) is 2. The number of aliphatic hydroxyl groups excluding tert-OH is 1. The van der Waals surface area contributed by atoms with Crippen molar-refractivity contribution >= 4 is 11.9 Å². The Morgan fingerprint density at radius 1 is 1.16 bits per heavy atom. The van der Waals surface area contributed by atoms with Crippen molar-refractivity contribution in [2.75, 3.05) is 6.61 Å². The van der Waals surface area contributed by atoms with E-state index < -0.39 is 18.4 Å². The molecule has 0 spiro atoms. The number of allylic oxidation sites excluding steroid dienone is 3. The first kappa shape index (κ1) is 19.5. The van der Waals surface area contributed by atoms with Crippen LogP contribution >= 0.6 is 0 Å². The Balaban J connectivity index is 0. The Labute approximate surface area is 113 Å². The van der Waals surface area contributed by atoms with Crippen molar-refractivity contribution in [1.82, 2.24) is 0 Å². The van der Waals surface area contributed by atoms with Gasteiger partial charge in [-0.3, -0.25) is 4.79 Å². The van der Waals surface area contributed by atoms with Crippen molar-refractivity contribution < 1.29 is 24.9 Å². The van der Waals surface area contributed by atoms with Gasteiger partial charge in [0.2, 0.25) is 0 Å². The molecule has 0 fully saturated rings. The van der Waals surface area contributed by atoms with Crippen molar-refractivity contribution in [3.05, 3.63) is 36.5 Å². The Kier molecular flexibility index (Phi) is 14.5. The van der Waals surface area contributed by atoms with E-state index in [1.54, 1.807) is 6.08 Å². The second-order valence-corrected chi connectivity index (χ2v) is 3.66. The lowest BCUT2D eigenvalue weighted by Gasteiger charge is -1.91. The Bertz CT molecular complexity index is 329. The van der Waals surface area contributed by atoms with Crippen LogP contribution in [-0.2, 0) is 9.59 Å². The first-order valence-electron chi connectivity index (χ1n) is 6.01. The fraction of sp³-hybridized carbons (Fsp3) is 0.429. The highest BCUT2D eigenvalue weighted by atomic mass is 16.4. The molecule has 5 nitrogen and oxygen atoms in total. The van der Waals surface area contributed by atoms with Gasteiger partial charge in [0.1, 0.15) is 0 Å². The molecule has 0 aliphatic rings. The van der Waals surface area contributed by atoms with Gasteiger partial charge in [0.05, 0.1) is 13.0 Å². The third kappa shape index (κ3) is 18.7. The van der Waals surface area contributed by atoms with Gasteiger partial charge in [0, 0.05) is 5.57 Å². The Hall–Kier alpha value is -1.88. The zero-order valence-corrected chi connectivity index (χ0v) is 11.2. The molecule has 5 heteroatoms. The molecule has 108 valence electrons. The summed E-state index contributed by atoms with van der Waals surface area (Å²) in [4.78, 5) is 19.7. The van der Waals surface area contributed by atoms with Crippen molar-refractivity contribution in [2.24, 2.45) is 0 Å². The molecule has 0 heterocycles. The van der Waals surface area contributed by atoms with Crippen molar-refractivity contribution in [3.8, 4) is 0 Å². The van der Waals surface area contributed by atoms with Gasteiger partial charge in [-0.05, 0) is 6.42 Å². The van der Waals surface area contributed by atoms with E-state index in [-0.39, 0.29) is 12.2 Å². The summed E-state index contributed by atoms with van der Waals surface area (Å²) in [6.45, 7) is 5.33. The summed E-state index contributed by atoms with van der Waals surface area (Å²) >= 11 is 0. The summed E-state index contributed by atoms with van der Waals surface area (Å²) in [5, 5.41) is 24.4. The smallest absolute Gasteiger partial charge is 0.331 e. The van der Waals surface area contributed by atoms with E-state index >= 15 is 0 Å². The highest BCUT2D eigenvalue weighted by Gasteiger charge is 2.07. The number of unbranched alkanes of at least 4 members (excludes halogenated alkanes) is 2. The van der Waals surface area contributed by atoms with E-state index in [9.17, 15) is 9.59 Å². The topological polar surface area (TPSA) is 94.8 Å². The minimum atomic E-state index is -1.27. The van der Waals surface area contributed by atoms with Crippen LogP contribution in [0.2, 0.25) is 0 Å². The molecule has 0 saturated heterocycles. The van der Waals surface area contributed by atoms with Gasteiger partial charge in [-0.2, -0.15) is 0 Å². The third-order valence-electron chi connectivity index (χ3n) is 1.88. The molecular weight excluding hydrogens is 248 g/mol. The molecule has 0 unspecified atom stereocenters. The van der Waals surface area contributed by atoms with Crippen molar-refractivity contribution in [1.29, 1.82) is 0 Å². The molecule has 0 saturated carbocycles. The number of carbonyl (C=O) groups is 2. The molecule has 0 amide bonds. The molecule has 0 aromatic carbocycles. The predicted octanol–water partition coefficient (Wildman–Crippen LogP) is 2.38. The van der Waals surface area contributed by atoms with E-state index in [1.165, 1.54) is 12.8 Å². The summed E-state index contributed by atoms with van der Waals surface area (Å²) in [6.07, 6.45) is 10.8. The zero-order chi connectivity index (χ0) is 15.1. The number of rotatable bonds is 8. The fourth-order valence-electron chi connectivity index (χ4n) is 0.894. The Morgan fingerprint density at radius 2 is 1.74 bits per heavy atom. The van der Waals surface area contributed by atoms with Crippen LogP contribution in [0.25, 0.3) is 0 Å². The molecule has 0 aliphatic carbocycles. The summed E-state index contributed by atoms with van der Waals surface area (Å²) in [6, 6.07) is 0. The SMILES string of the molecule is C=C(CC(=O)O)C(=O)O.CCCCC=CC=CCO. The minimum Gasteiger partial charge on any atom is -0.481 e. The number of aliphatic carboxylic acids is 2. The molecule has 0 radical (unpaired) electrons. The number of hydrogen-bond acceptors (Lipinski definition) is 3. The molecule has 19 heavy (non-hydrogen) atoms. The van der Waals surface area contributed by atoms with E-state index in [2.05, 4.69) is 19.6 Å². The number of hydrogen-bond donors (Lipinski definition) is 3. The third-order valence-corrected chi connectivity index (χ3v) is 1.88. The maximum Gasteiger partial charge on any atom is 0.331 e. The molecule has 0 aromatic heterocycles. The molecule has 0 bridgehead atoms. The molecule has 0 aromatic rings. The van der Waals surface area contributed by atoms with Crippen LogP contribution in [0.1, 0.15) is 32.6 Å². The first-order valence-corrected chi connectivity index (χ1v) is 6.01. The van der Waals surface area contributed by atoms with Crippen molar-refractivity contribution in [3.63, 3.8) is 0 Å². The summed E-state index contributed by atoms with van der Waals surface area (Å²) in [5.74, 6) is -2.44. The normalized spacial score (nSPS) is 10.2. The van der Waals surface area contributed by atoms with Gasteiger partial charge < -0.3 is 15.3 Å². The first-order chi connectivity index (χ1) is 8.95. The fourth-order valence-corrected chi connectivity index (χ4v) is 0.894. The number of aliphatic hydroxyl groups is 1. The summed E-state index contributed by atoms with van der Waals surface area (Å²) in [5.41, 5.74) is -0.303. The van der Waals surface area contributed by atoms with Gasteiger partial charge in [-0.15, -0.1) is 0 Å². The monoisotopic (exact) mass is 270 g/mol. The zero-order valence-electron chi connectivity index (χ0n) is 11.2. The second-order valence-electron chi connectivity index (χ2n) is 3.66. The summed E-state index contributed by atoms with van der Waals surface area (Å²) in [7, 11) is 0. The molecule has 3 N–H and O–H groups in total. The standard InChI is InChI=1S/C9H16O.C5H6O4/c1-2-3-4-5-6-7-8-9-10;1-3(5(8)9)2-4(6)7/h5-8,10H,2-4,9H2,1H3;1-2H2,(H,6,7)(H,8,9). The van der Waals surface area contributed by atoms with Gasteiger partial charge in [0.25, 0.3) is 0 Å². The van der Waals surface area contributed by atoms with Gasteiger partial charge in [0.15, 0.2) is 0 Å². The Morgan fingerprint density at radius 3 is 2.11 bits per heavy atom. The highest BCUT2D eigenvalue weighted by molar-refractivity contribution is 5.91. The average Bonchev–Trinajstić information content (AvgIpc) is 2.33. The van der Waals surface area contributed by atoms with E-state index in [4.69, 9.17) is 15.3 Å². The number of carboxylic acids is 2. The molecule has 0 aliphatic heterocycles. The van der Waals surface area contributed by atoms with Gasteiger partial charge >= 0.3 is 11.9 Å². The van der Waals surface area contributed by atoms with Crippen LogP contribution in [0.4, 0.5) is 0 Å². The van der Waals surface area contributed by atoms with Gasteiger partial charge in [-0.1, -0.05) is 50.6 Å². The van der Waals surface area contributed by atoms with Gasteiger partial charge in [-0.25, -0.2) is 4.79 Å². The largest absolute Gasteiger partial charge is 0.481 e. The quantitative estimate of drug-likeness (QED) is 0.357. The van der Waals surface area contributed by atoms with Crippen LogP contribution < -0.4 is 0 Å². The maximum absolute atomic E-state index is 9.87. The van der Waals surface area contributed by atoms with Crippen LogP contribution in [0.15, 0.2) is 36.5 Å². The maximum atomic E-state index is 9.87. The van der Waals surface area contributed by atoms with Crippen LogP contribution in [0.5, 0.6) is 0 Å². The van der Waals surface area contributed by atoms with E-state index in [1.807, 2.05) is 12.2 Å². The van der Waals surface area contributed by atoms with E-state index in [0.29, 0.717) is 0 Å². The van der Waals surface area contributed by atoms with Crippen LogP contribution in [0, 0.1) is 0 Å². The predicted molar refractivity (Wildman–Crippen MR) is 73.9 cm³/mol. The molecule has 0 atom stereocenters. The second kappa shape index (κ2) is 14.2. The van der Waals surface area contributed by atoms with E-state index in [0.717, 1.165) is 6.42 Å². The summed E-state index contributed by atoms with van der Waals surface area (Å²) < 4.78 is 0. The van der Waals surface area contributed by atoms with Crippen LogP contribution in [-0.4, -0.2) is 33.9 Å². The van der Waals surface area contributed by atoms with Crippen LogP contribution in [0.3, 0.4) is 0 Å². The lowest BCUT2D eigenvalue weighted by Crippen LogP contribution is -2.04. The lowest BCUT2D eigenvalue weighted by atomic mass is 10.2. The average molecular weight is 270 g/mol.